The molecule has 0 spiro atoms. The number of nitrogen functional groups attached to an aromatic ring is 1. The first-order valence-electron chi connectivity index (χ1n) is 6.68. The number of anilines is 2. The Balaban J connectivity index is 1.99. The number of hydrogen-bond acceptors (Lipinski definition) is 7. The zero-order chi connectivity index (χ0) is 15.1. The van der Waals surface area contributed by atoms with E-state index in [-0.39, 0.29) is 6.04 Å². The van der Waals surface area contributed by atoms with E-state index in [9.17, 15) is 0 Å². The maximum atomic E-state index is 5.82. The lowest BCUT2D eigenvalue weighted by Crippen LogP contribution is -2.09. The van der Waals surface area contributed by atoms with Crippen molar-refractivity contribution in [1.82, 2.24) is 15.0 Å². The smallest absolute Gasteiger partial charge is 0.223 e. The van der Waals surface area contributed by atoms with E-state index in [4.69, 9.17) is 5.73 Å². The van der Waals surface area contributed by atoms with E-state index in [1.165, 1.54) is 9.75 Å². The van der Waals surface area contributed by atoms with Crippen LogP contribution in [0, 0.1) is 20.8 Å². The van der Waals surface area contributed by atoms with Gasteiger partial charge in [-0.25, -0.2) is 9.97 Å². The highest BCUT2D eigenvalue weighted by Crippen LogP contribution is 2.32. The van der Waals surface area contributed by atoms with Crippen LogP contribution < -0.4 is 11.1 Å². The third-order valence-electron chi connectivity index (χ3n) is 3.22. The Kier molecular flexibility index (Phi) is 3.54. The Bertz CT molecular complexity index is 805. The average Bonchev–Trinajstić information content (AvgIpc) is 2.91. The summed E-state index contributed by atoms with van der Waals surface area (Å²) in [5.74, 6) is 1.09. The Labute approximate surface area is 131 Å². The van der Waals surface area contributed by atoms with Gasteiger partial charge in [-0.15, -0.1) is 22.7 Å². The summed E-state index contributed by atoms with van der Waals surface area (Å²) in [5.41, 5.74) is 6.88. The summed E-state index contributed by atoms with van der Waals surface area (Å²) >= 11 is 3.34. The SMILES string of the molecule is Cc1cc2c(NC(C)c3sc(C)nc3C)nc(N)nc2s1. The fourth-order valence-corrected chi connectivity index (χ4v) is 4.20. The predicted molar refractivity (Wildman–Crippen MR) is 90.2 cm³/mol. The van der Waals surface area contributed by atoms with Crippen LogP contribution in [-0.4, -0.2) is 15.0 Å². The van der Waals surface area contributed by atoms with Crippen LogP contribution in [-0.2, 0) is 0 Å². The highest BCUT2D eigenvalue weighted by atomic mass is 32.1. The molecule has 1 atom stereocenters. The zero-order valence-corrected chi connectivity index (χ0v) is 14.0. The van der Waals surface area contributed by atoms with Crippen molar-refractivity contribution < 1.29 is 0 Å². The van der Waals surface area contributed by atoms with E-state index in [2.05, 4.69) is 40.2 Å². The molecule has 0 amide bonds. The maximum absolute atomic E-state index is 5.82. The van der Waals surface area contributed by atoms with Gasteiger partial charge in [-0.3, -0.25) is 0 Å². The second kappa shape index (κ2) is 5.23. The van der Waals surface area contributed by atoms with Gasteiger partial charge in [-0.2, -0.15) is 4.98 Å². The number of nitrogens with two attached hydrogens (primary N) is 1. The van der Waals surface area contributed by atoms with Gasteiger partial charge in [0.2, 0.25) is 5.95 Å². The highest BCUT2D eigenvalue weighted by molar-refractivity contribution is 7.18. The Morgan fingerprint density at radius 1 is 1.14 bits per heavy atom. The first-order chi connectivity index (χ1) is 9.94. The van der Waals surface area contributed by atoms with Crippen molar-refractivity contribution >= 4 is 44.7 Å². The molecule has 0 saturated heterocycles. The lowest BCUT2D eigenvalue weighted by atomic mass is 10.2. The predicted octanol–water partition coefficient (Wildman–Crippen LogP) is 3.83. The van der Waals surface area contributed by atoms with E-state index in [0.29, 0.717) is 5.95 Å². The van der Waals surface area contributed by atoms with Crippen molar-refractivity contribution in [2.24, 2.45) is 0 Å². The van der Waals surface area contributed by atoms with Crippen molar-refractivity contribution in [3.63, 3.8) is 0 Å². The minimum Gasteiger partial charge on any atom is -0.368 e. The Hall–Kier alpha value is -1.73. The molecule has 3 N–H and O–H groups in total. The lowest BCUT2D eigenvalue weighted by Gasteiger charge is -2.14. The number of hydrogen-bond donors (Lipinski definition) is 2. The number of nitrogens with one attached hydrogen (secondary N) is 1. The van der Waals surface area contributed by atoms with E-state index < -0.39 is 0 Å². The van der Waals surface area contributed by atoms with Gasteiger partial charge in [0, 0.05) is 9.75 Å². The van der Waals surface area contributed by atoms with Gasteiger partial charge < -0.3 is 11.1 Å². The van der Waals surface area contributed by atoms with E-state index in [0.717, 1.165) is 26.7 Å². The number of rotatable bonds is 3. The molecule has 0 aliphatic carbocycles. The molecule has 0 fully saturated rings. The largest absolute Gasteiger partial charge is 0.368 e. The van der Waals surface area contributed by atoms with Crippen LogP contribution >= 0.6 is 22.7 Å². The number of nitrogens with zero attached hydrogens (tertiary/aromatic N) is 3. The number of thiazole rings is 1. The molecule has 7 heteroatoms. The second-order valence-electron chi connectivity index (χ2n) is 5.05. The number of fused-ring (bicyclic) bond motifs is 1. The van der Waals surface area contributed by atoms with Crippen LogP contribution in [0.2, 0.25) is 0 Å². The first kappa shape index (κ1) is 14.2. The van der Waals surface area contributed by atoms with Crippen LogP contribution in [0.25, 0.3) is 10.2 Å². The molecule has 0 saturated carbocycles. The Morgan fingerprint density at radius 2 is 1.90 bits per heavy atom. The van der Waals surface area contributed by atoms with Crippen LogP contribution in [0.4, 0.5) is 11.8 Å². The molecule has 21 heavy (non-hydrogen) atoms. The second-order valence-corrected chi connectivity index (χ2v) is 7.52. The summed E-state index contributed by atoms with van der Waals surface area (Å²) in [7, 11) is 0. The fourth-order valence-electron chi connectivity index (χ4n) is 2.39. The van der Waals surface area contributed by atoms with Crippen molar-refractivity contribution in [3.05, 3.63) is 26.5 Å². The standard InChI is InChI=1S/C14H17N5S2/c1-6-5-10-12(18-14(15)19-13(10)20-6)17-8(3)11-7(2)16-9(4)21-11/h5,8H,1-4H3,(H3,15,17,18,19). The normalized spacial score (nSPS) is 12.8. The molecular weight excluding hydrogens is 302 g/mol. The molecule has 0 aromatic carbocycles. The van der Waals surface area contributed by atoms with Gasteiger partial charge in [0.05, 0.1) is 22.1 Å². The molecule has 3 aromatic rings. The average molecular weight is 319 g/mol. The van der Waals surface area contributed by atoms with Gasteiger partial charge in [0.1, 0.15) is 10.6 Å². The van der Waals surface area contributed by atoms with Crippen LogP contribution in [0.1, 0.15) is 33.4 Å². The highest BCUT2D eigenvalue weighted by Gasteiger charge is 2.16. The van der Waals surface area contributed by atoms with Gasteiger partial charge in [0.25, 0.3) is 0 Å². The molecule has 0 radical (unpaired) electrons. The molecule has 5 nitrogen and oxygen atoms in total. The molecule has 0 aliphatic heterocycles. The summed E-state index contributed by atoms with van der Waals surface area (Å²) in [5, 5.41) is 5.56. The van der Waals surface area contributed by atoms with Crippen LogP contribution in [0.5, 0.6) is 0 Å². The molecule has 0 aliphatic rings. The van der Waals surface area contributed by atoms with Gasteiger partial charge >= 0.3 is 0 Å². The summed E-state index contributed by atoms with van der Waals surface area (Å²) < 4.78 is 0. The third kappa shape index (κ3) is 2.71. The summed E-state index contributed by atoms with van der Waals surface area (Å²) in [6.07, 6.45) is 0. The minimum atomic E-state index is 0.133. The van der Waals surface area contributed by atoms with Crippen molar-refractivity contribution in [3.8, 4) is 0 Å². The van der Waals surface area contributed by atoms with Crippen molar-refractivity contribution in [2.45, 2.75) is 33.7 Å². The van der Waals surface area contributed by atoms with Gasteiger partial charge in [-0.1, -0.05) is 0 Å². The molecule has 3 aromatic heterocycles. The topological polar surface area (TPSA) is 76.7 Å². The van der Waals surface area contributed by atoms with E-state index in [1.54, 1.807) is 22.7 Å². The monoisotopic (exact) mass is 319 g/mol. The van der Waals surface area contributed by atoms with Crippen LogP contribution in [0.3, 0.4) is 0 Å². The maximum Gasteiger partial charge on any atom is 0.223 e. The van der Waals surface area contributed by atoms with Crippen LogP contribution in [0.15, 0.2) is 6.07 Å². The number of aromatic nitrogens is 3. The summed E-state index contributed by atoms with van der Waals surface area (Å²) in [4.78, 5) is 16.5. The number of aryl methyl sites for hydroxylation is 3. The summed E-state index contributed by atoms with van der Waals surface area (Å²) in [6.45, 7) is 8.24. The quantitative estimate of drug-likeness (QED) is 0.767. The van der Waals surface area contributed by atoms with E-state index in [1.807, 2.05) is 13.8 Å². The Morgan fingerprint density at radius 3 is 2.57 bits per heavy atom. The number of thiophene rings is 1. The van der Waals surface area contributed by atoms with Crippen molar-refractivity contribution in [1.29, 1.82) is 0 Å². The minimum absolute atomic E-state index is 0.133. The third-order valence-corrected chi connectivity index (χ3v) is 5.42. The van der Waals surface area contributed by atoms with E-state index >= 15 is 0 Å². The zero-order valence-electron chi connectivity index (χ0n) is 12.4. The molecule has 0 bridgehead atoms. The molecular formula is C14H17N5S2. The molecule has 3 heterocycles. The molecule has 3 rings (SSSR count). The van der Waals surface area contributed by atoms with Gasteiger partial charge in [0.15, 0.2) is 0 Å². The molecule has 110 valence electrons. The molecule has 1 unspecified atom stereocenters. The lowest BCUT2D eigenvalue weighted by molar-refractivity contribution is 0.882. The summed E-state index contributed by atoms with van der Waals surface area (Å²) in [6, 6.07) is 2.23. The van der Waals surface area contributed by atoms with Crippen molar-refractivity contribution in [2.75, 3.05) is 11.1 Å². The first-order valence-corrected chi connectivity index (χ1v) is 8.31. The fraction of sp³-hybridized carbons (Fsp3) is 0.357. The van der Waals surface area contributed by atoms with Gasteiger partial charge in [-0.05, 0) is 33.8 Å².